The normalized spacial score (nSPS) is 22.9. The Kier molecular flexibility index (Phi) is 4.73. The molecule has 110 valence electrons. The fourth-order valence-corrected chi connectivity index (χ4v) is 2.73. The fraction of sp³-hybridized carbons (Fsp3) is 0.600. The molecule has 20 heavy (non-hydrogen) atoms. The third-order valence-corrected chi connectivity index (χ3v) is 3.81. The number of carbonyl (C=O) groups excluding carboxylic acids is 1. The molecular formula is C15H22N2O3. The monoisotopic (exact) mass is 278 g/mol. The summed E-state index contributed by atoms with van der Waals surface area (Å²) in [5, 5.41) is 19.0. The molecule has 5 heteroatoms. The van der Waals surface area contributed by atoms with Gasteiger partial charge < -0.3 is 15.1 Å². The maximum Gasteiger partial charge on any atom is 0.227 e. The van der Waals surface area contributed by atoms with Crippen LogP contribution in [-0.2, 0) is 11.2 Å². The zero-order valence-corrected chi connectivity index (χ0v) is 12.0. The molecule has 1 aliphatic heterocycles. The van der Waals surface area contributed by atoms with Crippen LogP contribution in [-0.4, -0.2) is 51.8 Å². The molecule has 0 radical (unpaired) electrons. The number of likely N-dealkylation sites (tertiary alicyclic amines) is 1. The highest BCUT2D eigenvalue weighted by atomic mass is 16.3. The second-order valence-electron chi connectivity index (χ2n) is 5.57. The van der Waals surface area contributed by atoms with E-state index in [1.54, 1.807) is 4.90 Å². The molecule has 1 fully saturated rings. The number of β-amino-alcohol motifs (C(OH)–C–C–N with tert-alkyl or cyclic N) is 1. The highest BCUT2D eigenvalue weighted by Gasteiger charge is 2.29. The van der Waals surface area contributed by atoms with Crippen molar-refractivity contribution in [1.29, 1.82) is 0 Å². The third kappa shape index (κ3) is 3.55. The second-order valence-corrected chi connectivity index (χ2v) is 5.57. The summed E-state index contributed by atoms with van der Waals surface area (Å²) in [6.07, 6.45) is 0.358. The van der Waals surface area contributed by atoms with Crippen molar-refractivity contribution in [2.45, 2.75) is 32.8 Å². The lowest BCUT2D eigenvalue weighted by molar-refractivity contribution is -0.135. The number of carbonyl (C=O) groups is 1. The van der Waals surface area contributed by atoms with Gasteiger partial charge in [-0.15, -0.1) is 0 Å². The van der Waals surface area contributed by atoms with Crippen LogP contribution in [0.5, 0.6) is 0 Å². The molecule has 0 unspecified atom stereocenters. The molecule has 2 N–H and O–H groups in total. The molecule has 2 atom stereocenters. The van der Waals surface area contributed by atoms with Crippen LogP contribution in [0.2, 0.25) is 0 Å². The van der Waals surface area contributed by atoms with Crippen LogP contribution in [0, 0.1) is 19.8 Å². The number of amides is 1. The zero-order chi connectivity index (χ0) is 14.7. The quantitative estimate of drug-likeness (QED) is 0.841. The van der Waals surface area contributed by atoms with E-state index in [1.807, 2.05) is 26.0 Å². The van der Waals surface area contributed by atoms with E-state index in [2.05, 4.69) is 4.98 Å². The molecule has 0 saturated carbocycles. The number of hydrogen-bond acceptors (Lipinski definition) is 4. The first-order valence-corrected chi connectivity index (χ1v) is 7.00. The van der Waals surface area contributed by atoms with Crippen molar-refractivity contribution < 1.29 is 15.0 Å². The van der Waals surface area contributed by atoms with Crippen LogP contribution < -0.4 is 0 Å². The van der Waals surface area contributed by atoms with Crippen molar-refractivity contribution >= 4 is 5.91 Å². The number of aryl methyl sites for hydroxylation is 2. The summed E-state index contributed by atoms with van der Waals surface area (Å²) in [6.45, 7) is 4.72. The third-order valence-electron chi connectivity index (χ3n) is 3.81. The number of aliphatic hydroxyl groups excluding tert-OH is 2. The molecule has 1 amide bonds. The van der Waals surface area contributed by atoms with Crippen LogP contribution in [0.1, 0.15) is 23.4 Å². The summed E-state index contributed by atoms with van der Waals surface area (Å²) in [5.41, 5.74) is 2.78. The van der Waals surface area contributed by atoms with Crippen molar-refractivity contribution in [2.75, 3.05) is 19.7 Å². The van der Waals surface area contributed by atoms with E-state index >= 15 is 0 Å². The predicted octanol–water partition coefficient (Wildman–Crippen LogP) is 0.443. The lowest BCUT2D eigenvalue weighted by Gasteiger charge is -2.35. The molecule has 1 aromatic rings. The maximum absolute atomic E-state index is 12.3. The Bertz CT molecular complexity index is 470. The van der Waals surface area contributed by atoms with Crippen molar-refractivity contribution in [2.24, 2.45) is 5.92 Å². The number of hydrogen-bond donors (Lipinski definition) is 2. The lowest BCUT2D eigenvalue weighted by Crippen LogP contribution is -2.48. The van der Waals surface area contributed by atoms with Gasteiger partial charge in [-0.05, 0) is 38.0 Å². The molecule has 1 aliphatic rings. The van der Waals surface area contributed by atoms with E-state index in [9.17, 15) is 9.90 Å². The highest BCUT2D eigenvalue weighted by Crippen LogP contribution is 2.18. The Labute approximate surface area is 119 Å². The van der Waals surface area contributed by atoms with Crippen molar-refractivity contribution in [1.82, 2.24) is 9.88 Å². The Hall–Kier alpha value is -1.46. The Morgan fingerprint density at radius 2 is 2.05 bits per heavy atom. The average Bonchev–Trinajstić information content (AvgIpc) is 2.37. The van der Waals surface area contributed by atoms with Gasteiger partial charge in [0.25, 0.3) is 0 Å². The molecule has 0 aliphatic carbocycles. The van der Waals surface area contributed by atoms with Crippen molar-refractivity contribution in [3.8, 4) is 0 Å². The SMILES string of the molecule is Cc1cc(CC(=O)N2CC[C@H](CO)[C@H](O)C2)cc(C)n1. The lowest BCUT2D eigenvalue weighted by atomic mass is 9.94. The summed E-state index contributed by atoms with van der Waals surface area (Å²) < 4.78 is 0. The van der Waals surface area contributed by atoms with E-state index in [4.69, 9.17) is 5.11 Å². The van der Waals surface area contributed by atoms with Gasteiger partial charge in [0.05, 0.1) is 12.5 Å². The minimum atomic E-state index is -0.626. The summed E-state index contributed by atoms with van der Waals surface area (Å²) in [4.78, 5) is 18.2. The number of aliphatic hydroxyl groups is 2. The van der Waals surface area contributed by atoms with Gasteiger partial charge in [-0.2, -0.15) is 0 Å². The van der Waals surface area contributed by atoms with Crippen molar-refractivity contribution in [3.63, 3.8) is 0 Å². The molecule has 2 rings (SSSR count). The summed E-state index contributed by atoms with van der Waals surface area (Å²) in [5.74, 6) is -0.0881. The molecule has 0 aromatic carbocycles. The smallest absolute Gasteiger partial charge is 0.227 e. The molecule has 0 bridgehead atoms. The number of aromatic nitrogens is 1. The van der Waals surface area contributed by atoms with Crippen LogP contribution in [0.25, 0.3) is 0 Å². The summed E-state index contributed by atoms with van der Waals surface area (Å²) in [6, 6.07) is 3.84. The van der Waals surface area contributed by atoms with E-state index < -0.39 is 6.10 Å². The minimum absolute atomic E-state index is 0.0189. The first-order valence-electron chi connectivity index (χ1n) is 7.00. The fourth-order valence-electron chi connectivity index (χ4n) is 2.73. The van der Waals surface area contributed by atoms with E-state index in [0.29, 0.717) is 25.9 Å². The van der Waals surface area contributed by atoms with Gasteiger partial charge in [-0.3, -0.25) is 9.78 Å². The van der Waals surface area contributed by atoms with E-state index in [1.165, 1.54) is 0 Å². The number of piperidine rings is 1. The van der Waals surface area contributed by atoms with Gasteiger partial charge in [0.15, 0.2) is 0 Å². The van der Waals surface area contributed by atoms with Crippen LogP contribution in [0.3, 0.4) is 0 Å². The standard InChI is InChI=1S/C15H22N2O3/c1-10-5-12(6-11(2)16-10)7-15(20)17-4-3-13(9-18)14(19)8-17/h5-6,13-14,18-19H,3-4,7-9H2,1-2H3/t13-,14-/m1/s1. The van der Waals surface area contributed by atoms with E-state index in [-0.39, 0.29) is 18.4 Å². The van der Waals surface area contributed by atoms with Gasteiger partial charge in [-0.25, -0.2) is 0 Å². The highest BCUT2D eigenvalue weighted by molar-refractivity contribution is 5.79. The molecule has 5 nitrogen and oxygen atoms in total. The second kappa shape index (κ2) is 6.33. The number of rotatable bonds is 3. The molecule has 1 saturated heterocycles. The van der Waals surface area contributed by atoms with Crippen molar-refractivity contribution in [3.05, 3.63) is 29.1 Å². The first kappa shape index (κ1) is 14.9. The molecular weight excluding hydrogens is 256 g/mol. The van der Waals surface area contributed by atoms with Crippen LogP contribution in [0.15, 0.2) is 12.1 Å². The largest absolute Gasteiger partial charge is 0.396 e. The zero-order valence-electron chi connectivity index (χ0n) is 12.0. The summed E-state index contributed by atoms with van der Waals surface area (Å²) in [7, 11) is 0. The molecule has 1 aromatic heterocycles. The van der Waals surface area contributed by atoms with Gasteiger partial charge in [0.1, 0.15) is 0 Å². The predicted molar refractivity (Wildman–Crippen MR) is 75.2 cm³/mol. The van der Waals surface area contributed by atoms with E-state index in [0.717, 1.165) is 17.0 Å². The average molecular weight is 278 g/mol. The first-order chi connectivity index (χ1) is 9.49. The van der Waals surface area contributed by atoms with Crippen LogP contribution in [0.4, 0.5) is 0 Å². The van der Waals surface area contributed by atoms with Gasteiger partial charge >= 0.3 is 0 Å². The van der Waals surface area contributed by atoms with Gasteiger partial charge in [0.2, 0.25) is 5.91 Å². The number of pyridine rings is 1. The number of nitrogens with zero attached hydrogens (tertiary/aromatic N) is 2. The van der Waals surface area contributed by atoms with Gasteiger partial charge in [0, 0.05) is 37.0 Å². The maximum atomic E-state index is 12.3. The topological polar surface area (TPSA) is 73.7 Å². The Morgan fingerprint density at radius 3 is 2.60 bits per heavy atom. The van der Waals surface area contributed by atoms with Crippen LogP contribution >= 0.6 is 0 Å². The van der Waals surface area contributed by atoms with Gasteiger partial charge in [-0.1, -0.05) is 0 Å². The minimum Gasteiger partial charge on any atom is -0.396 e. The Balaban J connectivity index is 1.98. The molecule has 0 spiro atoms. The summed E-state index contributed by atoms with van der Waals surface area (Å²) >= 11 is 0. The Morgan fingerprint density at radius 1 is 1.40 bits per heavy atom. The molecule has 2 heterocycles.